The van der Waals surface area contributed by atoms with Crippen LogP contribution in [0.2, 0.25) is 0 Å². The maximum Gasteiger partial charge on any atom is 0.231 e. The molecule has 0 aliphatic carbocycles. The number of rotatable bonds is 8. The molecule has 2 fully saturated rings. The monoisotopic (exact) mass is 409 g/mol. The summed E-state index contributed by atoms with van der Waals surface area (Å²) in [5.74, 6) is 0.936. The van der Waals surface area contributed by atoms with E-state index in [4.69, 9.17) is 4.74 Å². The SMILES string of the molecule is CCCCC(=O)N1CC(Oc2ccc(NC(=O)C3CN(c4ccnnc4)C3)cc2)C1. The lowest BCUT2D eigenvalue weighted by atomic mass is 9.98. The van der Waals surface area contributed by atoms with Crippen molar-refractivity contribution in [2.24, 2.45) is 5.92 Å². The predicted octanol–water partition coefficient (Wildman–Crippen LogP) is 2.33. The first-order valence-electron chi connectivity index (χ1n) is 10.5. The van der Waals surface area contributed by atoms with E-state index in [9.17, 15) is 9.59 Å². The highest BCUT2D eigenvalue weighted by Crippen LogP contribution is 2.25. The van der Waals surface area contributed by atoms with Crippen molar-refractivity contribution in [3.05, 3.63) is 42.7 Å². The Hall–Kier alpha value is -3.16. The highest BCUT2D eigenvalue weighted by Gasteiger charge is 2.33. The number of hydrogen-bond acceptors (Lipinski definition) is 6. The number of carbonyl (C=O) groups is 2. The molecule has 0 saturated carbocycles. The van der Waals surface area contributed by atoms with Gasteiger partial charge in [-0.2, -0.15) is 10.2 Å². The molecule has 1 aromatic carbocycles. The van der Waals surface area contributed by atoms with Gasteiger partial charge >= 0.3 is 0 Å². The van der Waals surface area contributed by atoms with Gasteiger partial charge in [0.15, 0.2) is 0 Å². The first kappa shape index (κ1) is 20.1. The molecule has 1 aromatic heterocycles. The van der Waals surface area contributed by atoms with E-state index in [0.717, 1.165) is 30.0 Å². The normalized spacial score (nSPS) is 16.6. The molecule has 2 aliphatic rings. The van der Waals surface area contributed by atoms with E-state index in [0.29, 0.717) is 32.6 Å². The van der Waals surface area contributed by atoms with E-state index in [-0.39, 0.29) is 23.8 Å². The van der Waals surface area contributed by atoms with Gasteiger partial charge in [-0.05, 0) is 36.8 Å². The molecule has 0 atom stereocenters. The van der Waals surface area contributed by atoms with E-state index >= 15 is 0 Å². The zero-order valence-corrected chi connectivity index (χ0v) is 17.2. The van der Waals surface area contributed by atoms with Crippen molar-refractivity contribution < 1.29 is 14.3 Å². The van der Waals surface area contributed by atoms with Crippen molar-refractivity contribution >= 4 is 23.2 Å². The van der Waals surface area contributed by atoms with Gasteiger partial charge in [0.05, 0.1) is 37.1 Å². The molecule has 0 radical (unpaired) electrons. The number of nitrogens with zero attached hydrogens (tertiary/aromatic N) is 4. The summed E-state index contributed by atoms with van der Waals surface area (Å²) in [7, 11) is 0. The van der Waals surface area contributed by atoms with E-state index in [2.05, 4.69) is 27.3 Å². The molecule has 8 nitrogen and oxygen atoms in total. The van der Waals surface area contributed by atoms with E-state index in [1.807, 2.05) is 35.2 Å². The molecule has 2 amide bonds. The van der Waals surface area contributed by atoms with Gasteiger partial charge in [-0.1, -0.05) is 13.3 Å². The summed E-state index contributed by atoms with van der Waals surface area (Å²) >= 11 is 0. The summed E-state index contributed by atoms with van der Waals surface area (Å²) < 4.78 is 5.91. The van der Waals surface area contributed by atoms with Crippen LogP contribution in [0, 0.1) is 5.92 Å². The number of aromatic nitrogens is 2. The van der Waals surface area contributed by atoms with Gasteiger partial charge in [-0.15, -0.1) is 0 Å². The second kappa shape index (κ2) is 9.11. The van der Waals surface area contributed by atoms with Gasteiger partial charge in [0, 0.05) is 25.2 Å². The summed E-state index contributed by atoms with van der Waals surface area (Å²) in [6, 6.07) is 9.29. The fourth-order valence-electron chi connectivity index (χ4n) is 3.58. The molecule has 0 unspecified atom stereocenters. The average Bonchev–Trinajstić information content (AvgIpc) is 2.69. The van der Waals surface area contributed by atoms with Crippen molar-refractivity contribution in [1.29, 1.82) is 0 Å². The maximum absolute atomic E-state index is 12.4. The van der Waals surface area contributed by atoms with E-state index in [1.54, 1.807) is 12.4 Å². The average molecular weight is 409 g/mol. The van der Waals surface area contributed by atoms with Crippen LogP contribution in [-0.4, -0.2) is 59.2 Å². The minimum atomic E-state index is -0.0414. The predicted molar refractivity (Wildman–Crippen MR) is 113 cm³/mol. The molecule has 0 spiro atoms. The van der Waals surface area contributed by atoms with Gasteiger partial charge < -0.3 is 19.9 Å². The fraction of sp³-hybridized carbons (Fsp3) is 0.455. The zero-order valence-electron chi connectivity index (χ0n) is 17.2. The molecule has 3 heterocycles. The molecule has 8 heteroatoms. The van der Waals surface area contributed by atoms with Gasteiger partial charge in [0.25, 0.3) is 0 Å². The van der Waals surface area contributed by atoms with Crippen LogP contribution in [0.5, 0.6) is 5.75 Å². The number of likely N-dealkylation sites (tertiary alicyclic amines) is 1. The van der Waals surface area contributed by atoms with Crippen molar-refractivity contribution in [2.45, 2.75) is 32.3 Å². The third kappa shape index (κ3) is 4.69. The molecule has 2 aliphatic heterocycles. The number of unbranched alkanes of at least 4 members (excludes halogenated alkanes) is 1. The van der Waals surface area contributed by atoms with Gasteiger partial charge in [0.2, 0.25) is 11.8 Å². The Kier molecular flexibility index (Phi) is 6.11. The Morgan fingerprint density at radius 3 is 2.53 bits per heavy atom. The molecule has 2 saturated heterocycles. The third-order valence-electron chi connectivity index (χ3n) is 5.56. The van der Waals surface area contributed by atoms with Crippen LogP contribution in [-0.2, 0) is 9.59 Å². The highest BCUT2D eigenvalue weighted by molar-refractivity contribution is 5.94. The summed E-state index contributed by atoms with van der Waals surface area (Å²) in [4.78, 5) is 28.3. The number of hydrogen-bond donors (Lipinski definition) is 1. The first-order chi connectivity index (χ1) is 14.6. The lowest BCUT2D eigenvalue weighted by Crippen LogP contribution is -2.56. The summed E-state index contributed by atoms with van der Waals surface area (Å²) in [6.45, 7) is 4.72. The van der Waals surface area contributed by atoms with Crippen LogP contribution in [0.3, 0.4) is 0 Å². The van der Waals surface area contributed by atoms with Crippen molar-refractivity contribution in [2.75, 3.05) is 36.4 Å². The lowest BCUT2D eigenvalue weighted by Gasteiger charge is -2.39. The summed E-state index contributed by atoms with van der Waals surface area (Å²) in [5, 5.41) is 10.6. The van der Waals surface area contributed by atoms with Crippen LogP contribution in [0.1, 0.15) is 26.2 Å². The topological polar surface area (TPSA) is 87.7 Å². The molecular formula is C22H27N5O3. The highest BCUT2D eigenvalue weighted by atomic mass is 16.5. The lowest BCUT2D eigenvalue weighted by molar-refractivity contribution is -0.140. The van der Waals surface area contributed by atoms with E-state index in [1.165, 1.54) is 0 Å². The van der Waals surface area contributed by atoms with Crippen LogP contribution < -0.4 is 15.0 Å². The van der Waals surface area contributed by atoms with Crippen molar-refractivity contribution in [3.63, 3.8) is 0 Å². The van der Waals surface area contributed by atoms with Gasteiger partial charge in [-0.25, -0.2) is 0 Å². The Bertz CT molecular complexity index is 862. The number of ether oxygens (including phenoxy) is 1. The van der Waals surface area contributed by atoms with Crippen LogP contribution in [0.25, 0.3) is 0 Å². The largest absolute Gasteiger partial charge is 0.487 e. The summed E-state index contributed by atoms with van der Waals surface area (Å²) in [6.07, 6.45) is 5.99. The second-order valence-corrected chi connectivity index (χ2v) is 7.86. The minimum Gasteiger partial charge on any atom is -0.487 e. The molecule has 30 heavy (non-hydrogen) atoms. The van der Waals surface area contributed by atoms with Crippen LogP contribution in [0.4, 0.5) is 11.4 Å². The Labute approximate surface area is 176 Å². The Morgan fingerprint density at radius 1 is 1.10 bits per heavy atom. The fourth-order valence-corrected chi connectivity index (χ4v) is 3.58. The van der Waals surface area contributed by atoms with Crippen molar-refractivity contribution in [1.82, 2.24) is 15.1 Å². The summed E-state index contributed by atoms with van der Waals surface area (Å²) in [5.41, 5.74) is 1.73. The molecule has 0 bridgehead atoms. The molecule has 158 valence electrons. The number of carbonyl (C=O) groups excluding carboxylic acids is 2. The standard InChI is InChI=1S/C22H27N5O3/c1-2-3-4-21(28)27-14-20(15-27)30-19-7-5-17(6-8-19)25-22(29)16-12-26(13-16)18-9-10-23-24-11-18/h5-11,16,20H,2-4,12-15H2,1H3,(H,25,29). The Morgan fingerprint density at radius 2 is 1.87 bits per heavy atom. The molecule has 2 aromatic rings. The van der Waals surface area contributed by atoms with E-state index < -0.39 is 0 Å². The number of anilines is 2. The van der Waals surface area contributed by atoms with Gasteiger partial charge in [0.1, 0.15) is 11.9 Å². The van der Waals surface area contributed by atoms with Crippen LogP contribution in [0.15, 0.2) is 42.7 Å². The first-order valence-corrected chi connectivity index (χ1v) is 10.5. The second-order valence-electron chi connectivity index (χ2n) is 7.86. The zero-order chi connectivity index (χ0) is 20.9. The quantitative estimate of drug-likeness (QED) is 0.720. The Balaban J connectivity index is 1.18. The van der Waals surface area contributed by atoms with Crippen molar-refractivity contribution in [3.8, 4) is 5.75 Å². The third-order valence-corrected chi connectivity index (χ3v) is 5.56. The van der Waals surface area contributed by atoms with Gasteiger partial charge in [-0.3, -0.25) is 9.59 Å². The number of amides is 2. The molecule has 4 rings (SSSR count). The smallest absolute Gasteiger partial charge is 0.231 e. The minimum absolute atomic E-state index is 0.0159. The molecular weight excluding hydrogens is 382 g/mol. The van der Waals surface area contributed by atoms with Crippen LogP contribution >= 0.6 is 0 Å². The maximum atomic E-state index is 12.4. The number of nitrogens with one attached hydrogen (secondary N) is 1. The molecule has 1 N–H and O–H groups in total. The number of benzene rings is 1.